The molecule has 202 valence electrons. The molecule has 4 nitrogen and oxygen atoms in total. The van der Waals surface area contributed by atoms with Crippen molar-refractivity contribution in [2.45, 2.75) is 55.4 Å². The molecule has 2 amide bonds. The predicted octanol–water partition coefficient (Wildman–Crippen LogP) is 9.25. The van der Waals surface area contributed by atoms with Gasteiger partial charge in [-0.25, -0.2) is 0 Å². The molecule has 0 unspecified atom stereocenters. The van der Waals surface area contributed by atoms with Crippen molar-refractivity contribution in [1.82, 2.24) is 0 Å². The molecule has 0 saturated carbocycles. The summed E-state index contributed by atoms with van der Waals surface area (Å²) in [6, 6.07) is 27.1. The third kappa shape index (κ3) is 9.04. The van der Waals surface area contributed by atoms with E-state index in [-0.39, 0.29) is 14.7 Å². The minimum atomic E-state index is -0.0676. The van der Waals surface area contributed by atoms with E-state index >= 15 is 0 Å². The summed E-state index contributed by atoms with van der Waals surface area (Å²) in [6.07, 6.45) is 0. The van der Waals surface area contributed by atoms with Gasteiger partial charge in [0.05, 0.1) is 0 Å². The first-order chi connectivity index (χ1) is 18.1. The second kappa shape index (κ2) is 14.5. The topological polar surface area (TPSA) is 58.2 Å². The highest BCUT2D eigenvalue weighted by Crippen LogP contribution is 2.15. The number of aryl methyl sites for hydroxylation is 6. The minimum absolute atomic E-state index is 0. The fraction of sp³-hybridized carbons (Fsp3) is 0.235. The Labute approximate surface area is 231 Å². The summed E-state index contributed by atoms with van der Waals surface area (Å²) in [4.78, 5) is 24.1. The Balaban J connectivity index is 0.000000684. The van der Waals surface area contributed by atoms with Gasteiger partial charge in [0.2, 0.25) is 0 Å². The van der Waals surface area contributed by atoms with Gasteiger partial charge in [0.25, 0.3) is 11.8 Å². The van der Waals surface area contributed by atoms with Crippen molar-refractivity contribution >= 4 is 23.2 Å². The van der Waals surface area contributed by atoms with Crippen LogP contribution in [0.5, 0.6) is 0 Å². The zero-order valence-corrected chi connectivity index (χ0v) is 23.9. The number of hydrogen-bond acceptors (Lipinski definition) is 2. The number of hydrogen-bond donors (Lipinski definition) is 2. The van der Waals surface area contributed by atoms with E-state index in [1.807, 2.05) is 140 Å². The van der Waals surface area contributed by atoms with Gasteiger partial charge in [-0.1, -0.05) is 55.8 Å². The Morgan fingerprint density at radius 3 is 1.42 bits per heavy atom. The first-order valence-electron chi connectivity index (χ1n) is 13.0. The van der Waals surface area contributed by atoms with Crippen molar-refractivity contribution in [2.24, 2.45) is 0 Å². The van der Waals surface area contributed by atoms with E-state index in [9.17, 15) is 9.59 Å². The van der Waals surface area contributed by atoms with Crippen molar-refractivity contribution in [1.29, 1.82) is 0 Å². The average Bonchev–Trinajstić information content (AvgIpc) is 2.90. The van der Waals surface area contributed by atoms with E-state index in [4.69, 9.17) is 0 Å². The smallest absolute Gasteiger partial charge is 0.255 e. The maximum Gasteiger partial charge on any atom is 0.255 e. The van der Waals surface area contributed by atoms with Gasteiger partial charge in [0.15, 0.2) is 0 Å². The van der Waals surface area contributed by atoms with Gasteiger partial charge in [-0.15, -0.1) is 0 Å². The summed E-state index contributed by atoms with van der Waals surface area (Å²) in [5.74, 6) is -0.134. The second-order valence-corrected chi connectivity index (χ2v) is 9.24. The van der Waals surface area contributed by atoms with Crippen molar-refractivity contribution in [2.75, 3.05) is 10.6 Å². The Bertz CT molecular complexity index is 1380. The van der Waals surface area contributed by atoms with Gasteiger partial charge < -0.3 is 10.6 Å². The van der Waals surface area contributed by atoms with Crippen LogP contribution in [-0.2, 0) is 0 Å². The monoisotopic (exact) mass is 512 g/mol. The normalized spacial score (nSPS) is 9.79. The van der Waals surface area contributed by atoms with E-state index in [2.05, 4.69) is 10.6 Å². The quantitative estimate of drug-likeness (QED) is 0.286. The second-order valence-electron chi connectivity index (χ2n) is 9.24. The summed E-state index contributed by atoms with van der Waals surface area (Å²) in [6.45, 7) is 16.1. The molecule has 0 atom stereocenters. The molecule has 0 aliphatic heterocycles. The maximum absolute atomic E-state index is 12.1. The Hall–Kier alpha value is -4.18. The highest BCUT2D eigenvalue weighted by molar-refractivity contribution is 6.05. The van der Waals surface area contributed by atoms with Gasteiger partial charge in [-0.05, 0) is 118 Å². The van der Waals surface area contributed by atoms with Crippen molar-refractivity contribution in [3.8, 4) is 0 Å². The van der Waals surface area contributed by atoms with E-state index in [1.165, 1.54) is 16.7 Å². The number of anilines is 2. The molecule has 4 aromatic rings. The van der Waals surface area contributed by atoms with Gasteiger partial charge in [-0.2, -0.15) is 0 Å². The summed E-state index contributed by atoms with van der Waals surface area (Å²) in [7, 11) is 0. The number of carbonyl (C=O) groups is 2. The molecule has 4 rings (SSSR count). The lowest BCUT2D eigenvalue weighted by Gasteiger charge is -2.07. The minimum Gasteiger partial charge on any atom is -0.322 e. The molecular weight excluding hydrogens is 468 g/mol. The van der Waals surface area contributed by atoms with E-state index in [0.29, 0.717) is 11.1 Å². The molecule has 38 heavy (non-hydrogen) atoms. The van der Waals surface area contributed by atoms with E-state index in [0.717, 1.165) is 28.1 Å². The molecule has 0 radical (unpaired) electrons. The van der Waals surface area contributed by atoms with Crippen LogP contribution in [0, 0.1) is 41.5 Å². The van der Waals surface area contributed by atoms with Crippen LogP contribution in [0.1, 0.15) is 70.8 Å². The molecule has 0 aliphatic carbocycles. The summed E-state index contributed by atoms with van der Waals surface area (Å²) in [5.41, 5.74) is 10.0. The number of benzene rings is 4. The van der Waals surface area contributed by atoms with Crippen LogP contribution in [0.3, 0.4) is 0 Å². The molecule has 0 bridgehead atoms. The highest BCUT2D eigenvalue weighted by Gasteiger charge is 2.08. The molecule has 0 fully saturated rings. The van der Waals surface area contributed by atoms with Crippen LogP contribution < -0.4 is 10.6 Å². The standard InChI is InChI=1S/2C16H17NO.C2H6.2H2/c1-11-4-8-15(9-5-11)17-16(18)14-7-6-12(2)13(3)10-14;1-11-5-4-6-15(9-11)17-16(18)14-8-7-12(2)13(3)10-14;1-2;;/h2*4-10H,1-3H3,(H,17,18);1-2H3;2*1H. The molecule has 0 heterocycles. The van der Waals surface area contributed by atoms with Crippen molar-refractivity contribution in [3.63, 3.8) is 0 Å². The highest BCUT2D eigenvalue weighted by atomic mass is 16.2. The van der Waals surface area contributed by atoms with Gasteiger partial charge >= 0.3 is 0 Å². The van der Waals surface area contributed by atoms with Crippen LogP contribution in [-0.4, -0.2) is 11.8 Å². The molecule has 2 N–H and O–H groups in total. The molecule has 4 heteroatoms. The molecular formula is C34H44N2O2. The number of rotatable bonds is 4. The fourth-order valence-corrected chi connectivity index (χ4v) is 3.53. The molecule has 0 spiro atoms. The molecule has 0 aliphatic rings. The molecule has 0 saturated heterocycles. The molecule has 0 aromatic heterocycles. The lowest BCUT2D eigenvalue weighted by atomic mass is 10.1. The van der Waals surface area contributed by atoms with Gasteiger partial charge in [-0.3, -0.25) is 9.59 Å². The Morgan fingerprint density at radius 2 is 0.974 bits per heavy atom. The van der Waals surface area contributed by atoms with Crippen LogP contribution in [0.2, 0.25) is 0 Å². The van der Waals surface area contributed by atoms with Crippen LogP contribution in [0.25, 0.3) is 0 Å². The average molecular weight is 513 g/mol. The lowest BCUT2D eigenvalue weighted by molar-refractivity contribution is 0.101. The summed E-state index contributed by atoms with van der Waals surface area (Å²) < 4.78 is 0. The SMILES string of the molecule is CC.Cc1ccc(NC(=O)c2ccc(C)c(C)c2)cc1.Cc1cccc(NC(=O)c2ccc(C)c(C)c2)c1.[HH].[HH]. The van der Waals surface area contributed by atoms with Crippen molar-refractivity contribution in [3.05, 3.63) is 129 Å². The number of carbonyl (C=O) groups excluding carboxylic acids is 2. The maximum atomic E-state index is 12.1. The van der Waals surface area contributed by atoms with Gasteiger partial charge in [0, 0.05) is 25.4 Å². The van der Waals surface area contributed by atoms with Crippen LogP contribution in [0.4, 0.5) is 11.4 Å². The Kier molecular flexibility index (Phi) is 11.5. The van der Waals surface area contributed by atoms with Crippen molar-refractivity contribution < 1.29 is 12.4 Å². The first kappa shape index (κ1) is 30.0. The largest absolute Gasteiger partial charge is 0.322 e. The fourth-order valence-electron chi connectivity index (χ4n) is 3.53. The zero-order valence-electron chi connectivity index (χ0n) is 23.9. The van der Waals surface area contributed by atoms with Crippen LogP contribution in [0.15, 0.2) is 84.9 Å². The number of amides is 2. The van der Waals surface area contributed by atoms with Gasteiger partial charge in [0.1, 0.15) is 0 Å². The van der Waals surface area contributed by atoms with E-state index < -0.39 is 0 Å². The third-order valence-electron chi connectivity index (χ3n) is 6.12. The predicted molar refractivity (Wildman–Crippen MR) is 166 cm³/mol. The lowest BCUT2D eigenvalue weighted by Crippen LogP contribution is -2.12. The summed E-state index contributed by atoms with van der Waals surface area (Å²) >= 11 is 0. The van der Waals surface area contributed by atoms with Crippen LogP contribution >= 0.6 is 0 Å². The van der Waals surface area contributed by atoms with E-state index in [1.54, 1.807) is 0 Å². The number of nitrogens with one attached hydrogen (secondary N) is 2. The molecule has 4 aromatic carbocycles. The third-order valence-corrected chi connectivity index (χ3v) is 6.12. The summed E-state index contributed by atoms with van der Waals surface area (Å²) in [5, 5.41) is 5.80. The first-order valence-corrected chi connectivity index (χ1v) is 13.0. The Morgan fingerprint density at radius 1 is 0.500 bits per heavy atom. The zero-order chi connectivity index (χ0) is 28.2.